The minimum Gasteiger partial charge on any atom is -0.507 e. The zero-order chi connectivity index (χ0) is 30.0. The lowest BCUT2D eigenvalue weighted by atomic mass is 9.87. The molecule has 2 heterocycles. The molecule has 0 unspecified atom stereocenters. The Morgan fingerprint density at radius 1 is 1.17 bits per heavy atom. The average Bonchev–Trinajstić information content (AvgIpc) is 3.44. The first kappa shape index (κ1) is 31.8. The van der Waals surface area contributed by atoms with Gasteiger partial charge < -0.3 is 30.4 Å². The minimum absolute atomic E-state index is 0.0910. The zero-order valence-corrected chi connectivity index (χ0v) is 25.6. The summed E-state index contributed by atoms with van der Waals surface area (Å²) < 4.78 is 5.55. The monoisotopic (exact) mass is 562 g/mol. The molecule has 222 valence electrons. The highest BCUT2D eigenvalue weighted by Gasteiger charge is 2.32. The van der Waals surface area contributed by atoms with Gasteiger partial charge in [0.15, 0.2) is 0 Å². The van der Waals surface area contributed by atoms with E-state index in [1.54, 1.807) is 19.2 Å². The van der Waals surface area contributed by atoms with Crippen LogP contribution in [-0.4, -0.2) is 78.5 Å². The van der Waals surface area contributed by atoms with Gasteiger partial charge in [-0.3, -0.25) is 4.79 Å². The van der Waals surface area contributed by atoms with E-state index in [4.69, 9.17) is 9.72 Å². The quantitative estimate of drug-likeness (QED) is 0.189. The van der Waals surface area contributed by atoms with Gasteiger partial charge in [-0.05, 0) is 88.8 Å². The molecule has 2 aromatic carbocycles. The van der Waals surface area contributed by atoms with Crippen molar-refractivity contribution in [1.29, 1.82) is 0 Å². The topological polar surface area (TPSA) is 115 Å². The molecule has 1 fully saturated rings. The summed E-state index contributed by atoms with van der Waals surface area (Å²) in [6.45, 7) is 10.6. The smallest absolute Gasteiger partial charge is 0.251 e. The number of imidazole rings is 1. The number of methoxy groups -OCH3 is 1. The molecule has 4 rings (SSSR count). The first-order valence-corrected chi connectivity index (χ1v) is 14.6. The highest BCUT2D eigenvalue weighted by Crippen LogP contribution is 2.34. The Morgan fingerprint density at radius 2 is 1.88 bits per heavy atom. The number of phenols is 1. The SMILES string of the molecule is CC.CC/C=N\C(OC)=C(/CC)c1ccc(O)c(-c2nc3ccc(C(=O)NCC4(NC)CCN(C)CC4)cc3[nH]2)c1. The Bertz CT molecular complexity index is 1370. The van der Waals surface area contributed by atoms with Gasteiger partial charge in [0.1, 0.15) is 11.6 Å². The number of ether oxygens (including phenoxy) is 1. The molecule has 9 heteroatoms. The van der Waals surface area contributed by atoms with Crippen molar-refractivity contribution in [3.63, 3.8) is 0 Å². The third-order valence-electron chi connectivity index (χ3n) is 7.60. The maximum absolute atomic E-state index is 13.1. The normalized spacial score (nSPS) is 15.8. The standard InChI is InChI=1S/C30H40N6O3.C2H6/c1-6-14-32-29(39-5)22(7-2)20-9-11-26(37)23(17-20)27-34-24-10-8-21(18-25(24)35-27)28(38)33-19-30(31-3)12-15-36(4)16-13-30;1-2/h8-11,14,17-18,31,37H,6-7,12-13,15-16,19H2,1-5H3,(H,33,38)(H,34,35);1-2H3/b29-22-,32-14-;. The van der Waals surface area contributed by atoms with Crippen LogP contribution in [0.15, 0.2) is 47.3 Å². The predicted octanol–water partition coefficient (Wildman–Crippen LogP) is 5.58. The fourth-order valence-electron chi connectivity index (χ4n) is 5.01. The molecule has 0 atom stereocenters. The summed E-state index contributed by atoms with van der Waals surface area (Å²) in [7, 11) is 5.70. The van der Waals surface area contributed by atoms with E-state index in [1.807, 2.05) is 65.2 Å². The lowest BCUT2D eigenvalue weighted by Gasteiger charge is -2.40. The molecule has 9 nitrogen and oxygen atoms in total. The number of nitrogens with one attached hydrogen (secondary N) is 3. The van der Waals surface area contributed by atoms with Gasteiger partial charge in [-0.25, -0.2) is 9.98 Å². The van der Waals surface area contributed by atoms with Crippen molar-refractivity contribution in [1.82, 2.24) is 25.5 Å². The van der Waals surface area contributed by atoms with Crippen molar-refractivity contribution in [2.24, 2.45) is 4.99 Å². The van der Waals surface area contributed by atoms with Crippen LogP contribution in [0.25, 0.3) is 28.0 Å². The molecule has 4 N–H and O–H groups in total. The highest BCUT2D eigenvalue weighted by molar-refractivity contribution is 5.97. The van der Waals surface area contributed by atoms with Crippen molar-refractivity contribution in [2.75, 3.05) is 40.8 Å². The van der Waals surface area contributed by atoms with Gasteiger partial charge in [0.25, 0.3) is 5.91 Å². The van der Waals surface area contributed by atoms with Crippen LogP contribution in [0.3, 0.4) is 0 Å². The summed E-state index contributed by atoms with van der Waals surface area (Å²) in [6.07, 6.45) is 5.29. The number of aromatic hydroxyl groups is 1. The maximum Gasteiger partial charge on any atom is 0.251 e. The summed E-state index contributed by atoms with van der Waals surface area (Å²) in [4.78, 5) is 27.8. The number of rotatable bonds is 10. The van der Waals surface area contributed by atoms with Crippen LogP contribution in [0.5, 0.6) is 5.75 Å². The van der Waals surface area contributed by atoms with Gasteiger partial charge in [-0.15, -0.1) is 0 Å². The van der Waals surface area contributed by atoms with E-state index in [-0.39, 0.29) is 17.2 Å². The summed E-state index contributed by atoms with van der Waals surface area (Å²) in [5, 5.41) is 17.3. The van der Waals surface area contributed by atoms with E-state index >= 15 is 0 Å². The Hall–Kier alpha value is -3.69. The number of phenolic OH excluding ortho intramolecular Hbond substituents is 1. The number of aromatic amines is 1. The van der Waals surface area contributed by atoms with Crippen LogP contribution in [0, 0.1) is 0 Å². The number of benzene rings is 2. The number of hydrogen-bond acceptors (Lipinski definition) is 7. The Labute approximate surface area is 244 Å². The molecule has 0 radical (unpaired) electrons. The maximum atomic E-state index is 13.1. The highest BCUT2D eigenvalue weighted by atomic mass is 16.5. The number of fused-ring (bicyclic) bond motifs is 1. The van der Waals surface area contributed by atoms with E-state index in [9.17, 15) is 9.90 Å². The first-order chi connectivity index (χ1) is 19.8. The molecule has 0 aliphatic carbocycles. The molecular weight excluding hydrogens is 516 g/mol. The summed E-state index contributed by atoms with van der Waals surface area (Å²) >= 11 is 0. The van der Waals surface area contributed by atoms with Crippen LogP contribution < -0.4 is 10.6 Å². The lowest BCUT2D eigenvalue weighted by molar-refractivity contribution is 0.0917. The first-order valence-electron chi connectivity index (χ1n) is 14.6. The number of nitrogens with zero attached hydrogens (tertiary/aromatic N) is 3. The summed E-state index contributed by atoms with van der Waals surface area (Å²) in [6, 6.07) is 10.8. The minimum atomic E-state index is -0.121. The van der Waals surface area contributed by atoms with Crippen LogP contribution in [0.4, 0.5) is 0 Å². The number of hydrogen-bond donors (Lipinski definition) is 4. The Balaban J connectivity index is 0.00000226. The molecule has 1 aromatic heterocycles. The average molecular weight is 563 g/mol. The lowest BCUT2D eigenvalue weighted by Crippen LogP contribution is -2.57. The van der Waals surface area contributed by atoms with Crippen molar-refractivity contribution in [3.8, 4) is 17.1 Å². The van der Waals surface area contributed by atoms with Gasteiger partial charge in [0.2, 0.25) is 5.88 Å². The number of piperidine rings is 1. The number of carbonyl (C=O) groups excluding carboxylic acids is 1. The molecule has 0 spiro atoms. The van der Waals surface area contributed by atoms with Crippen LogP contribution in [0.2, 0.25) is 0 Å². The van der Waals surface area contributed by atoms with Gasteiger partial charge in [-0.2, -0.15) is 0 Å². The predicted molar refractivity (Wildman–Crippen MR) is 168 cm³/mol. The Kier molecular flexibility index (Phi) is 11.5. The van der Waals surface area contributed by atoms with E-state index in [0.717, 1.165) is 49.0 Å². The third-order valence-corrected chi connectivity index (χ3v) is 7.60. The number of likely N-dealkylation sites (N-methyl/N-ethyl adjacent to an activating group) is 1. The summed E-state index contributed by atoms with van der Waals surface area (Å²) in [5.41, 5.74) is 4.29. The second kappa shape index (κ2) is 14.8. The van der Waals surface area contributed by atoms with E-state index in [2.05, 4.69) is 32.6 Å². The van der Waals surface area contributed by atoms with E-state index in [0.29, 0.717) is 41.3 Å². The molecule has 1 aliphatic rings. The van der Waals surface area contributed by atoms with Gasteiger partial charge in [0, 0.05) is 29.4 Å². The molecular formula is C32H46N6O3. The fraction of sp³-hybridized carbons (Fsp3) is 0.469. The largest absolute Gasteiger partial charge is 0.507 e. The Morgan fingerprint density at radius 3 is 2.51 bits per heavy atom. The number of amides is 1. The molecule has 1 aliphatic heterocycles. The fourth-order valence-corrected chi connectivity index (χ4v) is 5.01. The number of aliphatic imine (C=N–C) groups is 1. The van der Waals surface area contributed by atoms with Gasteiger partial charge in [0.05, 0.1) is 23.7 Å². The number of aromatic nitrogens is 2. The second-order valence-corrected chi connectivity index (χ2v) is 10.1. The molecule has 1 saturated heterocycles. The van der Waals surface area contributed by atoms with Crippen molar-refractivity contribution < 1.29 is 14.6 Å². The number of carbonyl (C=O) groups is 1. The molecule has 0 saturated carbocycles. The van der Waals surface area contributed by atoms with Gasteiger partial charge >= 0.3 is 0 Å². The second-order valence-electron chi connectivity index (χ2n) is 10.1. The van der Waals surface area contributed by atoms with Crippen molar-refractivity contribution in [2.45, 2.75) is 58.9 Å². The molecule has 41 heavy (non-hydrogen) atoms. The van der Waals surface area contributed by atoms with Crippen LogP contribution in [0.1, 0.15) is 69.3 Å². The van der Waals surface area contributed by atoms with Crippen LogP contribution in [-0.2, 0) is 4.74 Å². The number of likely N-dealkylation sites (tertiary alicyclic amines) is 1. The van der Waals surface area contributed by atoms with Crippen molar-refractivity contribution >= 4 is 28.7 Å². The molecule has 3 aromatic rings. The van der Waals surface area contributed by atoms with Gasteiger partial charge in [-0.1, -0.05) is 33.8 Å². The zero-order valence-electron chi connectivity index (χ0n) is 25.6. The van der Waals surface area contributed by atoms with E-state index in [1.165, 1.54) is 0 Å². The number of allylic oxidation sites excluding steroid dienone is 1. The summed E-state index contributed by atoms with van der Waals surface area (Å²) in [5.74, 6) is 1.06. The van der Waals surface area contributed by atoms with Crippen LogP contribution >= 0.6 is 0 Å². The molecule has 1 amide bonds. The third kappa shape index (κ3) is 7.54. The number of H-pyrrole nitrogens is 1. The molecule has 0 bridgehead atoms. The van der Waals surface area contributed by atoms with Crippen molar-refractivity contribution in [3.05, 3.63) is 53.4 Å². The van der Waals surface area contributed by atoms with E-state index < -0.39 is 0 Å².